The summed E-state index contributed by atoms with van der Waals surface area (Å²) in [4.78, 5) is 35.2. The van der Waals surface area contributed by atoms with Gasteiger partial charge in [0.15, 0.2) is 11.3 Å². The molecule has 0 unspecified atom stereocenters. The van der Waals surface area contributed by atoms with Gasteiger partial charge in [-0.25, -0.2) is 14.4 Å². The molecule has 2 atom stereocenters. The summed E-state index contributed by atoms with van der Waals surface area (Å²) in [5.41, 5.74) is -0.651. The monoisotopic (exact) mass is 534 g/mol. The quantitative estimate of drug-likeness (QED) is 0.311. The summed E-state index contributed by atoms with van der Waals surface area (Å²) in [6.45, 7) is -0.0116. The minimum atomic E-state index is -1.54. The van der Waals surface area contributed by atoms with Gasteiger partial charge in [-0.3, -0.25) is 14.2 Å². The van der Waals surface area contributed by atoms with Gasteiger partial charge in [0.2, 0.25) is 0 Å². The van der Waals surface area contributed by atoms with Crippen LogP contribution in [0.4, 0.5) is 21.7 Å². The van der Waals surface area contributed by atoms with Crippen LogP contribution >= 0.6 is 0 Å². The molecule has 0 spiro atoms. The fraction of sp³-hybridized carbons (Fsp3) is 0.346. The summed E-state index contributed by atoms with van der Waals surface area (Å²) in [6, 6.07) is 8.13. The minimum absolute atomic E-state index is 0.00581. The molecule has 13 heteroatoms. The number of methoxy groups -OCH3 is 1. The molecule has 1 amide bonds. The van der Waals surface area contributed by atoms with Gasteiger partial charge in [-0.1, -0.05) is 6.07 Å². The number of fused-ring (bicyclic) bond motifs is 1. The third kappa shape index (κ3) is 4.38. The van der Waals surface area contributed by atoms with Gasteiger partial charge < -0.3 is 25.4 Å². The predicted octanol–water partition coefficient (Wildman–Crippen LogP) is 2.16. The van der Waals surface area contributed by atoms with Gasteiger partial charge in [-0.2, -0.15) is 9.61 Å². The largest absolute Gasteiger partial charge is 0.379 e. The Bertz CT molecular complexity index is 1600. The maximum absolute atomic E-state index is 14.6. The summed E-state index contributed by atoms with van der Waals surface area (Å²) in [5.74, 6) is 0.940. The molecule has 1 saturated heterocycles. The summed E-state index contributed by atoms with van der Waals surface area (Å²) in [7, 11) is 3.35. The molecule has 2 aliphatic rings. The molecule has 1 saturated carbocycles. The Kier molecular flexibility index (Phi) is 6.23. The first-order chi connectivity index (χ1) is 18.9. The van der Waals surface area contributed by atoms with Crippen LogP contribution in [0, 0.1) is 0 Å². The van der Waals surface area contributed by atoms with Crippen molar-refractivity contribution in [2.24, 2.45) is 0 Å². The molecule has 2 fully saturated rings. The molecule has 12 nitrogen and oxygen atoms in total. The first kappa shape index (κ1) is 24.9. The number of hydrogen-bond acceptors (Lipinski definition) is 9. The smallest absolute Gasteiger partial charge is 0.279 e. The Labute approximate surface area is 222 Å². The van der Waals surface area contributed by atoms with E-state index in [2.05, 4.69) is 31.0 Å². The van der Waals surface area contributed by atoms with E-state index in [1.807, 2.05) is 0 Å². The lowest BCUT2D eigenvalue weighted by molar-refractivity contribution is -0.135. The molecule has 1 aliphatic carbocycles. The van der Waals surface area contributed by atoms with Crippen LogP contribution in [0.5, 0.6) is 0 Å². The normalized spacial score (nSPS) is 19.7. The minimum Gasteiger partial charge on any atom is -0.379 e. The highest BCUT2D eigenvalue weighted by Gasteiger charge is 2.41. The fourth-order valence-corrected chi connectivity index (χ4v) is 4.68. The number of hydrogen-bond donors (Lipinski definition) is 3. The summed E-state index contributed by atoms with van der Waals surface area (Å²) in [5, 5.41) is 13.4. The number of nitrogens with one attached hydrogen (secondary N) is 3. The van der Waals surface area contributed by atoms with Crippen LogP contribution in [-0.4, -0.2) is 69.6 Å². The van der Waals surface area contributed by atoms with Crippen LogP contribution in [0.2, 0.25) is 0 Å². The van der Waals surface area contributed by atoms with E-state index in [1.165, 1.54) is 21.5 Å². The van der Waals surface area contributed by atoms with Crippen LogP contribution in [0.3, 0.4) is 0 Å². The molecule has 202 valence electrons. The van der Waals surface area contributed by atoms with E-state index in [0.29, 0.717) is 34.2 Å². The predicted molar refractivity (Wildman–Crippen MR) is 141 cm³/mol. The molecule has 1 aliphatic heterocycles. The van der Waals surface area contributed by atoms with E-state index in [-0.39, 0.29) is 42.5 Å². The van der Waals surface area contributed by atoms with E-state index in [0.717, 1.165) is 12.8 Å². The zero-order valence-electron chi connectivity index (χ0n) is 21.3. The Morgan fingerprint density at radius 1 is 1.23 bits per heavy atom. The number of alkyl halides is 1. The average Bonchev–Trinajstić information content (AvgIpc) is 3.35. The van der Waals surface area contributed by atoms with E-state index in [4.69, 9.17) is 9.47 Å². The van der Waals surface area contributed by atoms with E-state index in [1.54, 1.807) is 50.7 Å². The molecule has 39 heavy (non-hydrogen) atoms. The zero-order valence-corrected chi connectivity index (χ0v) is 21.3. The van der Waals surface area contributed by atoms with Crippen molar-refractivity contribution in [2.75, 3.05) is 38.0 Å². The maximum Gasteiger partial charge on any atom is 0.279 e. The number of pyridine rings is 2. The van der Waals surface area contributed by atoms with Gasteiger partial charge in [0, 0.05) is 38.2 Å². The van der Waals surface area contributed by atoms with E-state index in [9.17, 15) is 14.0 Å². The number of carbonyl (C=O) groups is 1. The number of aromatic nitrogens is 5. The van der Waals surface area contributed by atoms with Gasteiger partial charge in [-0.05, 0) is 31.0 Å². The number of ether oxygens (including phenoxy) is 2. The fourth-order valence-electron chi connectivity index (χ4n) is 4.68. The lowest BCUT2D eigenvalue weighted by atomic mass is 9.89. The Balaban J connectivity index is 1.29. The standard InChI is InChI=1S/C26H27FN8O4/c1-28-22-10-20(33-23-16(12-30-35(22)23)24(36)32-17-6-7-19(17)38-2)31-18-4-3-9-34(25(18)37)21-8-5-15(11-29-21)26(27)13-39-14-26/h3-5,8-12,17,19,28H,6-7,13-14H2,1-2H3,(H,31,33)(H,32,36)/t17-,19-/m1/s1. The van der Waals surface area contributed by atoms with E-state index < -0.39 is 5.67 Å². The topological polar surface area (TPSA) is 137 Å². The van der Waals surface area contributed by atoms with Gasteiger partial charge in [0.25, 0.3) is 11.5 Å². The van der Waals surface area contributed by atoms with Crippen LogP contribution in [0.15, 0.2) is 53.7 Å². The number of halogens is 1. The van der Waals surface area contributed by atoms with E-state index >= 15 is 0 Å². The number of rotatable bonds is 8. The van der Waals surface area contributed by atoms with Crippen molar-refractivity contribution in [3.8, 4) is 5.82 Å². The third-order valence-electron chi connectivity index (χ3n) is 7.19. The Morgan fingerprint density at radius 2 is 2.08 bits per heavy atom. The van der Waals surface area contributed by atoms with Crippen LogP contribution in [0.25, 0.3) is 11.5 Å². The second-order valence-corrected chi connectivity index (χ2v) is 9.59. The average molecular weight is 535 g/mol. The second kappa shape index (κ2) is 9.75. The van der Waals surface area contributed by atoms with Gasteiger partial charge in [0.05, 0.1) is 31.6 Å². The highest BCUT2D eigenvalue weighted by atomic mass is 19.1. The first-order valence-electron chi connectivity index (χ1n) is 12.5. The molecule has 5 heterocycles. The van der Waals surface area contributed by atoms with Crippen LogP contribution < -0.4 is 21.5 Å². The van der Waals surface area contributed by atoms with Crippen molar-refractivity contribution >= 4 is 28.9 Å². The van der Waals surface area contributed by atoms with Crippen molar-refractivity contribution in [3.05, 3.63) is 70.4 Å². The second-order valence-electron chi connectivity index (χ2n) is 9.59. The summed E-state index contributed by atoms with van der Waals surface area (Å²) < 4.78 is 27.8. The molecule has 3 N–H and O–H groups in total. The van der Waals surface area contributed by atoms with Crippen molar-refractivity contribution < 1.29 is 18.7 Å². The summed E-state index contributed by atoms with van der Waals surface area (Å²) >= 11 is 0. The Morgan fingerprint density at radius 3 is 2.72 bits per heavy atom. The number of carbonyl (C=O) groups excluding carboxylic acids is 1. The van der Waals surface area contributed by atoms with Crippen molar-refractivity contribution in [1.29, 1.82) is 0 Å². The number of anilines is 3. The van der Waals surface area contributed by atoms with Crippen molar-refractivity contribution in [2.45, 2.75) is 30.7 Å². The molecule has 0 radical (unpaired) electrons. The van der Waals surface area contributed by atoms with Crippen LogP contribution in [0.1, 0.15) is 28.8 Å². The van der Waals surface area contributed by atoms with Gasteiger partial charge in [-0.15, -0.1) is 0 Å². The molecule has 0 bridgehead atoms. The zero-order chi connectivity index (χ0) is 27.1. The lowest BCUT2D eigenvalue weighted by Crippen LogP contribution is -2.51. The first-order valence-corrected chi connectivity index (χ1v) is 12.5. The Hall–Kier alpha value is -4.36. The van der Waals surface area contributed by atoms with Crippen molar-refractivity contribution in [1.82, 2.24) is 29.5 Å². The number of amides is 1. The lowest BCUT2D eigenvalue weighted by Gasteiger charge is -2.35. The summed E-state index contributed by atoms with van der Waals surface area (Å²) in [6.07, 6.45) is 6.19. The SMILES string of the molecule is CNc1cc(Nc2cccn(-c3ccc(C4(F)COC4)cn3)c2=O)nc2c(C(=O)N[C@@H]3CC[C@H]3OC)cnn12. The van der Waals surface area contributed by atoms with Crippen molar-refractivity contribution in [3.63, 3.8) is 0 Å². The van der Waals surface area contributed by atoms with Crippen LogP contribution in [-0.2, 0) is 15.1 Å². The van der Waals surface area contributed by atoms with Gasteiger partial charge in [0.1, 0.15) is 28.7 Å². The molecule has 0 aromatic carbocycles. The number of nitrogens with zero attached hydrogens (tertiary/aromatic N) is 5. The maximum atomic E-state index is 14.6. The molecular weight excluding hydrogens is 507 g/mol. The highest BCUT2D eigenvalue weighted by Crippen LogP contribution is 2.33. The molecular formula is C26H27FN8O4. The van der Waals surface area contributed by atoms with Gasteiger partial charge >= 0.3 is 0 Å². The highest BCUT2D eigenvalue weighted by molar-refractivity contribution is 6.00. The molecule has 4 aromatic rings. The molecule has 4 aromatic heterocycles. The molecule has 6 rings (SSSR count). The third-order valence-corrected chi connectivity index (χ3v) is 7.19.